The second kappa shape index (κ2) is 11.1. The van der Waals surface area contributed by atoms with Gasteiger partial charge in [0.05, 0.1) is 0 Å². The van der Waals surface area contributed by atoms with Gasteiger partial charge < -0.3 is 4.42 Å². The molecule has 1 heterocycles. The molecule has 0 aliphatic heterocycles. The van der Waals surface area contributed by atoms with Gasteiger partial charge in [-0.15, -0.1) is 0 Å². The van der Waals surface area contributed by atoms with Gasteiger partial charge in [-0.3, -0.25) is 0 Å². The van der Waals surface area contributed by atoms with E-state index in [1.807, 2.05) is 6.07 Å². The first kappa shape index (κ1) is 27.7. The first-order chi connectivity index (χ1) is 24.3. The topological polar surface area (TPSA) is 13.1 Å². The van der Waals surface area contributed by atoms with Crippen molar-refractivity contribution in [2.75, 3.05) is 0 Å². The maximum absolute atomic E-state index is 6.41. The van der Waals surface area contributed by atoms with Crippen LogP contribution in [0.2, 0.25) is 0 Å². The van der Waals surface area contributed by atoms with Crippen LogP contribution in [0, 0.1) is 12.1 Å². The summed E-state index contributed by atoms with van der Waals surface area (Å²) in [4.78, 5) is 0. The predicted octanol–water partition coefficient (Wildman–Crippen LogP) is 13.4. The van der Waals surface area contributed by atoms with E-state index in [9.17, 15) is 0 Å². The Morgan fingerprint density at radius 3 is 2.00 bits per heavy atom. The molecule has 0 atom stereocenters. The van der Waals surface area contributed by atoms with Gasteiger partial charge in [-0.1, -0.05) is 127 Å². The minimum absolute atomic E-state index is 0.892. The molecular formula is C48H30O. The van der Waals surface area contributed by atoms with E-state index in [0.29, 0.717) is 0 Å². The van der Waals surface area contributed by atoms with E-state index in [1.165, 1.54) is 65.9 Å². The van der Waals surface area contributed by atoms with Crippen LogP contribution in [-0.2, 0) is 0 Å². The third kappa shape index (κ3) is 4.50. The zero-order valence-corrected chi connectivity index (χ0v) is 26.8. The molecule has 0 radical (unpaired) electrons. The van der Waals surface area contributed by atoms with Crippen molar-refractivity contribution >= 4 is 59.8 Å². The van der Waals surface area contributed by atoms with Gasteiger partial charge in [0.25, 0.3) is 0 Å². The Hall–Kier alpha value is -6.36. The van der Waals surface area contributed by atoms with Crippen molar-refractivity contribution < 1.29 is 4.42 Å². The normalized spacial score (nSPS) is 13.0. The summed E-state index contributed by atoms with van der Waals surface area (Å²) >= 11 is 0. The minimum atomic E-state index is 0.892. The number of hydrogen-bond donors (Lipinski definition) is 0. The number of hydrogen-bond acceptors (Lipinski definition) is 1. The average molecular weight is 623 g/mol. The van der Waals surface area contributed by atoms with Gasteiger partial charge in [0.1, 0.15) is 11.2 Å². The van der Waals surface area contributed by atoms with Gasteiger partial charge >= 0.3 is 0 Å². The lowest BCUT2D eigenvalue weighted by Gasteiger charge is -2.20. The standard InChI is InChI=1S/C48H30O/c1-2-13-32(14-3-1)37-16-6-7-17-38(37)48-41-20-10-8-18-39(41)47(40-19-9-11-21-42(40)48)36-25-27-46-44(30-36)43-29-35(24-26-45(43)49-46)34-23-22-31-12-4-5-15-33(31)28-34/h1-2,4-10,12-13,15-20,22-30H,3,14H2. The fourth-order valence-corrected chi connectivity index (χ4v) is 7.87. The fourth-order valence-electron chi connectivity index (χ4n) is 7.87. The number of rotatable bonds is 4. The predicted molar refractivity (Wildman–Crippen MR) is 207 cm³/mol. The monoisotopic (exact) mass is 622 g/mol. The fraction of sp³-hybridized carbons (Fsp3) is 0.0417. The van der Waals surface area contributed by atoms with E-state index in [1.54, 1.807) is 0 Å². The molecule has 1 heteroatoms. The molecular weight excluding hydrogens is 593 g/mol. The Morgan fingerprint density at radius 2 is 1.18 bits per heavy atom. The van der Waals surface area contributed by atoms with Gasteiger partial charge in [0.2, 0.25) is 0 Å². The zero-order chi connectivity index (χ0) is 32.3. The Bertz CT molecular complexity index is 2770. The van der Waals surface area contributed by atoms with Crippen LogP contribution in [0.1, 0.15) is 18.4 Å². The van der Waals surface area contributed by atoms with Crippen LogP contribution in [-0.4, -0.2) is 0 Å². The van der Waals surface area contributed by atoms with Crippen molar-refractivity contribution in [3.63, 3.8) is 0 Å². The van der Waals surface area contributed by atoms with Crippen LogP contribution in [0.15, 0.2) is 162 Å². The lowest BCUT2D eigenvalue weighted by Crippen LogP contribution is -1.95. The Morgan fingerprint density at radius 1 is 0.510 bits per heavy atom. The number of furan rings is 1. The van der Waals surface area contributed by atoms with E-state index < -0.39 is 0 Å². The van der Waals surface area contributed by atoms with Crippen molar-refractivity contribution in [1.82, 2.24) is 0 Å². The highest BCUT2D eigenvalue weighted by atomic mass is 16.3. The molecule has 1 aliphatic rings. The molecule has 0 unspecified atom stereocenters. The number of allylic oxidation sites excluding steroid dienone is 4. The summed E-state index contributed by atoms with van der Waals surface area (Å²) in [6, 6.07) is 57.2. The van der Waals surface area contributed by atoms with Gasteiger partial charge in [-0.2, -0.15) is 0 Å². The molecule has 0 fully saturated rings. The highest BCUT2D eigenvalue weighted by molar-refractivity contribution is 6.22. The lowest BCUT2D eigenvalue weighted by atomic mass is 9.83. The second-order valence-electron chi connectivity index (χ2n) is 13.0. The highest BCUT2D eigenvalue weighted by Gasteiger charge is 2.20. The van der Waals surface area contributed by atoms with Gasteiger partial charge in [-0.25, -0.2) is 0 Å². The Balaban J connectivity index is 1.20. The summed E-state index contributed by atoms with van der Waals surface area (Å²) in [5, 5.41) is 9.43. The molecule has 49 heavy (non-hydrogen) atoms. The van der Waals surface area contributed by atoms with Crippen LogP contribution < -0.4 is 0 Å². The Labute approximate surface area is 285 Å². The van der Waals surface area contributed by atoms with E-state index >= 15 is 0 Å². The summed E-state index contributed by atoms with van der Waals surface area (Å²) < 4.78 is 6.41. The van der Waals surface area contributed by atoms with Crippen molar-refractivity contribution in [2.24, 2.45) is 0 Å². The summed E-state index contributed by atoms with van der Waals surface area (Å²) in [5.74, 6) is 0. The smallest absolute Gasteiger partial charge is 0.135 e. The molecule has 0 N–H and O–H groups in total. The molecule has 9 aromatic rings. The Kier molecular flexibility index (Phi) is 6.29. The lowest BCUT2D eigenvalue weighted by molar-refractivity contribution is 0.669. The molecule has 10 rings (SSSR count). The molecule has 1 aromatic heterocycles. The van der Waals surface area contributed by atoms with Crippen molar-refractivity contribution in [2.45, 2.75) is 12.8 Å². The summed E-state index contributed by atoms with van der Waals surface area (Å²) in [6.07, 6.45) is 8.81. The SMILES string of the molecule is c1ccc2c(-c3ccc4oc5ccc(-c6ccc7ccccc7c6)cc5c4c3)c3ccccc3c(-c3ccccc3C3=CC=CCC3)c2c#1. The van der Waals surface area contributed by atoms with Crippen molar-refractivity contribution in [3.8, 4) is 33.4 Å². The quantitative estimate of drug-likeness (QED) is 0.190. The number of benzene rings is 7. The van der Waals surface area contributed by atoms with Gasteiger partial charge in [-0.05, 0) is 121 Å². The van der Waals surface area contributed by atoms with E-state index in [2.05, 4.69) is 164 Å². The highest BCUT2D eigenvalue weighted by Crippen LogP contribution is 2.46. The molecule has 0 spiro atoms. The maximum Gasteiger partial charge on any atom is 0.135 e. The average Bonchev–Trinajstić information content (AvgIpc) is 3.54. The first-order valence-corrected chi connectivity index (χ1v) is 17.0. The van der Waals surface area contributed by atoms with E-state index in [4.69, 9.17) is 4.42 Å². The molecule has 0 bridgehead atoms. The minimum Gasteiger partial charge on any atom is -0.456 e. The van der Waals surface area contributed by atoms with Crippen molar-refractivity contribution in [3.05, 3.63) is 175 Å². The number of fused-ring (bicyclic) bond motifs is 6. The van der Waals surface area contributed by atoms with Crippen molar-refractivity contribution in [1.29, 1.82) is 0 Å². The zero-order valence-electron chi connectivity index (χ0n) is 26.8. The van der Waals surface area contributed by atoms with Gasteiger partial charge in [0.15, 0.2) is 0 Å². The molecule has 0 saturated carbocycles. The maximum atomic E-state index is 6.41. The molecule has 8 aromatic carbocycles. The largest absolute Gasteiger partial charge is 0.456 e. The van der Waals surface area contributed by atoms with Crippen LogP contribution in [0.25, 0.3) is 93.2 Å². The third-order valence-electron chi connectivity index (χ3n) is 10.2. The summed E-state index contributed by atoms with van der Waals surface area (Å²) in [6.45, 7) is 0. The van der Waals surface area contributed by atoms with Crippen LogP contribution >= 0.6 is 0 Å². The molecule has 0 saturated heterocycles. The summed E-state index contributed by atoms with van der Waals surface area (Å²) in [7, 11) is 0. The molecule has 1 nitrogen and oxygen atoms in total. The second-order valence-corrected chi connectivity index (χ2v) is 13.0. The van der Waals surface area contributed by atoms with Crippen LogP contribution in [0.3, 0.4) is 0 Å². The van der Waals surface area contributed by atoms with E-state index in [0.717, 1.165) is 45.7 Å². The third-order valence-corrected chi connectivity index (χ3v) is 10.2. The molecule has 0 amide bonds. The van der Waals surface area contributed by atoms with Crippen LogP contribution in [0.4, 0.5) is 0 Å². The van der Waals surface area contributed by atoms with Gasteiger partial charge in [0, 0.05) is 21.7 Å². The van der Waals surface area contributed by atoms with Crippen LogP contribution in [0.5, 0.6) is 0 Å². The molecule has 228 valence electrons. The van der Waals surface area contributed by atoms with E-state index in [-0.39, 0.29) is 0 Å². The first-order valence-electron chi connectivity index (χ1n) is 17.0. The molecule has 1 aliphatic carbocycles. The summed E-state index contributed by atoms with van der Waals surface area (Å²) in [5.41, 5.74) is 11.7.